The standard InChI is InChI=1S/C18H23NO5/c1-17(2)23-13-18(15(24-17)9-6-10-20)12-22-16(21)19(18)11-14-7-4-3-5-8-14/h3-9,15,20H,10-13H2,1-2H3/b9-6+/t15-,18-/m0/s1. The second kappa shape index (κ2) is 6.55. The molecule has 0 saturated carbocycles. The predicted octanol–water partition coefficient (Wildman–Crippen LogP) is 2.08. The Morgan fingerprint density at radius 2 is 2.04 bits per heavy atom. The van der Waals surface area contributed by atoms with E-state index < -0.39 is 17.4 Å². The number of rotatable bonds is 4. The predicted molar refractivity (Wildman–Crippen MR) is 87.2 cm³/mol. The van der Waals surface area contributed by atoms with Crippen LogP contribution >= 0.6 is 0 Å². The molecule has 6 nitrogen and oxygen atoms in total. The maximum absolute atomic E-state index is 12.4. The van der Waals surface area contributed by atoms with Gasteiger partial charge in [-0.2, -0.15) is 0 Å². The summed E-state index contributed by atoms with van der Waals surface area (Å²) in [5, 5.41) is 9.13. The molecule has 130 valence electrons. The van der Waals surface area contributed by atoms with E-state index in [4.69, 9.17) is 19.3 Å². The van der Waals surface area contributed by atoms with E-state index in [1.54, 1.807) is 17.1 Å². The lowest BCUT2D eigenvalue weighted by Crippen LogP contribution is -2.64. The lowest BCUT2D eigenvalue weighted by atomic mass is 9.90. The number of nitrogens with zero attached hydrogens (tertiary/aromatic N) is 1. The topological polar surface area (TPSA) is 68.2 Å². The summed E-state index contributed by atoms with van der Waals surface area (Å²) in [6.45, 7) is 4.48. The normalized spacial score (nSPS) is 29.4. The molecule has 3 rings (SSSR count). The van der Waals surface area contributed by atoms with Crippen LogP contribution in [0.4, 0.5) is 4.79 Å². The van der Waals surface area contributed by atoms with Gasteiger partial charge in [0, 0.05) is 6.54 Å². The quantitative estimate of drug-likeness (QED) is 0.855. The van der Waals surface area contributed by atoms with Crippen LogP contribution in [0, 0.1) is 0 Å². The van der Waals surface area contributed by atoms with Crippen molar-refractivity contribution in [2.75, 3.05) is 19.8 Å². The summed E-state index contributed by atoms with van der Waals surface area (Å²) in [5.74, 6) is -0.764. The molecule has 0 unspecified atom stereocenters. The fraction of sp³-hybridized carbons (Fsp3) is 0.500. The molecule has 1 aromatic rings. The first-order valence-electron chi connectivity index (χ1n) is 8.04. The molecule has 0 bridgehead atoms. The van der Waals surface area contributed by atoms with Gasteiger partial charge in [0.15, 0.2) is 5.79 Å². The lowest BCUT2D eigenvalue weighted by molar-refractivity contribution is -0.301. The smallest absolute Gasteiger partial charge is 0.410 e. The summed E-state index contributed by atoms with van der Waals surface area (Å²) in [5.41, 5.74) is 0.263. The van der Waals surface area contributed by atoms with Gasteiger partial charge >= 0.3 is 6.09 Å². The number of amides is 1. The van der Waals surface area contributed by atoms with Crippen molar-refractivity contribution in [2.24, 2.45) is 0 Å². The van der Waals surface area contributed by atoms with E-state index in [1.807, 2.05) is 44.2 Å². The third-order valence-electron chi connectivity index (χ3n) is 4.41. The van der Waals surface area contributed by atoms with E-state index in [9.17, 15) is 4.79 Å². The van der Waals surface area contributed by atoms with Crippen molar-refractivity contribution in [2.45, 2.75) is 37.8 Å². The summed E-state index contributed by atoms with van der Waals surface area (Å²) < 4.78 is 17.2. The molecule has 1 N–H and O–H groups in total. The van der Waals surface area contributed by atoms with Gasteiger partial charge in [0.2, 0.25) is 0 Å². The Labute approximate surface area is 141 Å². The molecule has 0 aliphatic carbocycles. The molecule has 1 aromatic carbocycles. The Morgan fingerprint density at radius 3 is 2.75 bits per heavy atom. The van der Waals surface area contributed by atoms with Gasteiger partial charge in [-0.1, -0.05) is 42.5 Å². The van der Waals surface area contributed by atoms with Gasteiger partial charge < -0.3 is 19.3 Å². The van der Waals surface area contributed by atoms with Gasteiger partial charge in [-0.15, -0.1) is 0 Å². The third kappa shape index (κ3) is 3.17. The van der Waals surface area contributed by atoms with Crippen molar-refractivity contribution in [3.63, 3.8) is 0 Å². The molecular weight excluding hydrogens is 310 g/mol. The molecule has 0 radical (unpaired) electrons. The number of carbonyl (C=O) groups excluding carboxylic acids is 1. The molecule has 0 aromatic heterocycles. The highest BCUT2D eigenvalue weighted by Crippen LogP contribution is 2.39. The maximum atomic E-state index is 12.4. The van der Waals surface area contributed by atoms with E-state index in [0.29, 0.717) is 13.2 Å². The SMILES string of the molecule is CC1(C)OC[C@@]2(COC(=O)N2Cc2ccccc2)[C@H](/C=C/CO)O1. The Morgan fingerprint density at radius 1 is 1.29 bits per heavy atom. The fourth-order valence-electron chi connectivity index (χ4n) is 3.10. The minimum absolute atomic E-state index is 0.0925. The molecule has 6 heteroatoms. The molecule has 1 spiro atoms. The molecule has 2 saturated heterocycles. The first-order valence-corrected chi connectivity index (χ1v) is 8.04. The van der Waals surface area contributed by atoms with Crippen LogP contribution in [0.3, 0.4) is 0 Å². The van der Waals surface area contributed by atoms with Crippen molar-refractivity contribution < 1.29 is 24.1 Å². The second-order valence-electron chi connectivity index (χ2n) is 6.57. The monoisotopic (exact) mass is 333 g/mol. The average molecular weight is 333 g/mol. The summed E-state index contributed by atoms with van der Waals surface area (Å²) >= 11 is 0. The maximum Gasteiger partial charge on any atom is 0.410 e. The van der Waals surface area contributed by atoms with Crippen LogP contribution in [-0.4, -0.2) is 53.4 Å². The minimum Gasteiger partial charge on any atom is -0.447 e. The Hall–Kier alpha value is -1.89. The van der Waals surface area contributed by atoms with Crippen molar-refractivity contribution >= 4 is 6.09 Å². The molecular formula is C18H23NO5. The third-order valence-corrected chi connectivity index (χ3v) is 4.41. The molecule has 2 aliphatic rings. The average Bonchev–Trinajstić information content (AvgIpc) is 2.87. The van der Waals surface area contributed by atoms with E-state index in [0.717, 1.165) is 5.56 Å². The summed E-state index contributed by atoms with van der Waals surface area (Å²) in [4.78, 5) is 14.0. The van der Waals surface area contributed by atoms with Gasteiger partial charge in [0.1, 0.15) is 18.2 Å². The number of hydrogen-bond acceptors (Lipinski definition) is 5. The molecule has 1 amide bonds. The number of cyclic esters (lactones) is 1. The van der Waals surface area contributed by atoms with Crippen LogP contribution in [0.25, 0.3) is 0 Å². The summed E-state index contributed by atoms with van der Waals surface area (Å²) in [6.07, 6.45) is 2.60. The van der Waals surface area contributed by atoms with Gasteiger partial charge in [0.25, 0.3) is 0 Å². The Bertz CT molecular complexity index is 615. The van der Waals surface area contributed by atoms with E-state index in [2.05, 4.69) is 0 Å². The molecule has 24 heavy (non-hydrogen) atoms. The minimum atomic E-state index is -0.764. The Kier molecular flexibility index (Phi) is 4.62. The van der Waals surface area contributed by atoms with Crippen molar-refractivity contribution in [1.82, 2.24) is 4.90 Å². The molecule has 2 atom stereocenters. The number of benzene rings is 1. The highest BCUT2D eigenvalue weighted by molar-refractivity contribution is 5.71. The van der Waals surface area contributed by atoms with Gasteiger partial charge in [-0.05, 0) is 19.4 Å². The molecule has 2 heterocycles. The first kappa shape index (κ1) is 17.0. The van der Waals surface area contributed by atoms with Crippen LogP contribution < -0.4 is 0 Å². The van der Waals surface area contributed by atoms with E-state index >= 15 is 0 Å². The number of carbonyl (C=O) groups is 1. The van der Waals surface area contributed by atoms with Crippen LogP contribution in [0.5, 0.6) is 0 Å². The van der Waals surface area contributed by atoms with Crippen LogP contribution in [0.1, 0.15) is 19.4 Å². The number of ether oxygens (including phenoxy) is 3. The summed E-state index contributed by atoms with van der Waals surface area (Å²) in [6, 6.07) is 9.73. The zero-order valence-electron chi connectivity index (χ0n) is 14.0. The number of hydrogen-bond donors (Lipinski definition) is 1. The van der Waals surface area contributed by atoms with Crippen molar-refractivity contribution in [1.29, 1.82) is 0 Å². The number of aliphatic hydroxyl groups excluding tert-OH is 1. The largest absolute Gasteiger partial charge is 0.447 e. The first-order chi connectivity index (χ1) is 11.5. The lowest BCUT2D eigenvalue weighted by Gasteiger charge is -2.48. The van der Waals surface area contributed by atoms with Crippen LogP contribution in [0.2, 0.25) is 0 Å². The van der Waals surface area contributed by atoms with Gasteiger partial charge in [-0.3, -0.25) is 4.90 Å². The van der Waals surface area contributed by atoms with Crippen LogP contribution in [-0.2, 0) is 20.8 Å². The molecule has 2 aliphatic heterocycles. The van der Waals surface area contributed by atoms with Crippen molar-refractivity contribution in [3.05, 3.63) is 48.0 Å². The number of aliphatic hydroxyl groups is 1. The Balaban J connectivity index is 1.91. The van der Waals surface area contributed by atoms with E-state index in [-0.39, 0.29) is 19.3 Å². The highest BCUT2D eigenvalue weighted by atomic mass is 16.7. The van der Waals surface area contributed by atoms with E-state index in [1.165, 1.54) is 0 Å². The second-order valence-corrected chi connectivity index (χ2v) is 6.57. The fourth-order valence-corrected chi connectivity index (χ4v) is 3.10. The van der Waals surface area contributed by atoms with Crippen LogP contribution in [0.15, 0.2) is 42.5 Å². The zero-order chi connectivity index (χ0) is 17.2. The van der Waals surface area contributed by atoms with Gasteiger partial charge in [-0.25, -0.2) is 4.79 Å². The molecule has 2 fully saturated rings. The van der Waals surface area contributed by atoms with Crippen molar-refractivity contribution in [3.8, 4) is 0 Å². The zero-order valence-corrected chi connectivity index (χ0v) is 14.0. The van der Waals surface area contributed by atoms with Gasteiger partial charge in [0.05, 0.1) is 13.2 Å². The highest BCUT2D eigenvalue weighted by Gasteiger charge is 2.57. The summed E-state index contributed by atoms with van der Waals surface area (Å²) in [7, 11) is 0.